The van der Waals surface area contributed by atoms with Crippen LogP contribution < -0.4 is 10.6 Å². The Balaban J connectivity index is 1.43. The van der Waals surface area contributed by atoms with Crippen molar-refractivity contribution in [2.24, 2.45) is 0 Å². The van der Waals surface area contributed by atoms with Gasteiger partial charge in [0.1, 0.15) is 0 Å². The summed E-state index contributed by atoms with van der Waals surface area (Å²) >= 11 is 1.50. The van der Waals surface area contributed by atoms with Crippen molar-refractivity contribution in [2.75, 3.05) is 10.6 Å². The van der Waals surface area contributed by atoms with E-state index in [2.05, 4.69) is 25.9 Å². The lowest BCUT2D eigenvalue weighted by Gasteiger charge is -2.08. The second-order valence-corrected chi connectivity index (χ2v) is 7.43. The third kappa shape index (κ3) is 4.02. The minimum absolute atomic E-state index is 0.118. The number of rotatable bonds is 5. The van der Waals surface area contributed by atoms with Gasteiger partial charge in [-0.3, -0.25) is 4.79 Å². The van der Waals surface area contributed by atoms with Gasteiger partial charge in [0.15, 0.2) is 11.6 Å². The molecule has 0 bridgehead atoms. The average molecular weight is 404 g/mol. The van der Waals surface area contributed by atoms with E-state index in [1.54, 1.807) is 10.7 Å². The van der Waals surface area contributed by atoms with Crippen molar-refractivity contribution in [2.45, 2.75) is 20.8 Å². The molecule has 0 saturated carbocycles. The smallest absolute Gasteiger partial charge is 0.256 e. The Labute approximate surface area is 172 Å². The summed E-state index contributed by atoms with van der Waals surface area (Å²) in [5.74, 6) is 1.19. The third-order valence-electron chi connectivity index (χ3n) is 4.72. The summed E-state index contributed by atoms with van der Waals surface area (Å²) in [4.78, 5) is 12.1. The molecule has 7 nitrogen and oxygen atoms in total. The predicted octanol–water partition coefficient (Wildman–Crippen LogP) is 4.64. The van der Waals surface area contributed by atoms with Crippen LogP contribution in [0.25, 0.3) is 5.82 Å². The van der Waals surface area contributed by atoms with Crippen LogP contribution in [-0.2, 0) is 0 Å². The Hall–Kier alpha value is -3.52. The first kappa shape index (κ1) is 18.8. The van der Waals surface area contributed by atoms with E-state index in [-0.39, 0.29) is 5.91 Å². The van der Waals surface area contributed by atoms with Gasteiger partial charge in [0, 0.05) is 22.4 Å². The van der Waals surface area contributed by atoms with Gasteiger partial charge in [-0.05, 0) is 74.2 Å². The van der Waals surface area contributed by atoms with Gasteiger partial charge in [-0.2, -0.15) is 16.4 Å². The zero-order chi connectivity index (χ0) is 20.4. The molecule has 0 aliphatic carbocycles. The number of nitrogens with zero attached hydrogens (tertiary/aromatic N) is 4. The van der Waals surface area contributed by atoms with Crippen LogP contribution in [0.1, 0.15) is 27.3 Å². The minimum Gasteiger partial charge on any atom is -0.339 e. The molecular weight excluding hydrogens is 384 g/mol. The zero-order valence-electron chi connectivity index (χ0n) is 16.3. The molecule has 0 aliphatic rings. The van der Waals surface area contributed by atoms with Crippen molar-refractivity contribution < 1.29 is 4.79 Å². The number of carbonyl (C=O) groups excluding carboxylic acids is 1. The molecule has 0 radical (unpaired) electrons. The largest absolute Gasteiger partial charge is 0.339 e. The highest BCUT2D eigenvalue weighted by molar-refractivity contribution is 7.08. The van der Waals surface area contributed by atoms with Crippen LogP contribution in [0.5, 0.6) is 0 Å². The zero-order valence-corrected chi connectivity index (χ0v) is 17.1. The summed E-state index contributed by atoms with van der Waals surface area (Å²) in [5, 5.41) is 22.8. The number of carbonyl (C=O) groups is 1. The molecular formula is C21H20N6OS. The number of amides is 1. The Morgan fingerprint density at radius 2 is 1.72 bits per heavy atom. The Kier molecular flexibility index (Phi) is 5.09. The van der Waals surface area contributed by atoms with Crippen LogP contribution >= 0.6 is 11.3 Å². The van der Waals surface area contributed by atoms with Crippen molar-refractivity contribution >= 4 is 34.4 Å². The van der Waals surface area contributed by atoms with E-state index in [1.165, 1.54) is 11.3 Å². The molecule has 0 unspecified atom stereocenters. The Bertz CT molecular complexity index is 1130. The monoisotopic (exact) mass is 404 g/mol. The van der Waals surface area contributed by atoms with Crippen LogP contribution in [0.3, 0.4) is 0 Å². The van der Waals surface area contributed by atoms with Crippen molar-refractivity contribution in [3.05, 3.63) is 75.7 Å². The van der Waals surface area contributed by atoms with E-state index in [9.17, 15) is 4.79 Å². The van der Waals surface area contributed by atoms with Crippen LogP contribution in [0.4, 0.5) is 17.2 Å². The molecule has 3 heterocycles. The van der Waals surface area contributed by atoms with Crippen molar-refractivity contribution in [1.29, 1.82) is 0 Å². The topological polar surface area (TPSA) is 84.7 Å². The fourth-order valence-electron chi connectivity index (χ4n) is 2.83. The maximum absolute atomic E-state index is 12.1. The molecule has 4 rings (SSSR count). The number of benzene rings is 1. The molecule has 2 N–H and O–H groups in total. The molecule has 0 atom stereocenters. The first-order valence-corrected chi connectivity index (χ1v) is 10.0. The summed E-state index contributed by atoms with van der Waals surface area (Å²) in [6.07, 6.45) is 0. The van der Waals surface area contributed by atoms with E-state index in [0.29, 0.717) is 17.2 Å². The minimum atomic E-state index is -0.118. The molecule has 3 aromatic heterocycles. The fraction of sp³-hybridized carbons (Fsp3) is 0.143. The quantitative estimate of drug-likeness (QED) is 0.506. The first-order valence-electron chi connectivity index (χ1n) is 9.09. The van der Waals surface area contributed by atoms with E-state index >= 15 is 0 Å². The Morgan fingerprint density at radius 1 is 0.966 bits per heavy atom. The van der Waals surface area contributed by atoms with E-state index in [4.69, 9.17) is 0 Å². The molecule has 4 aromatic rings. The molecule has 1 aromatic carbocycles. The van der Waals surface area contributed by atoms with Crippen molar-refractivity contribution in [3.63, 3.8) is 0 Å². The summed E-state index contributed by atoms with van der Waals surface area (Å²) in [6.45, 7) is 6.04. The summed E-state index contributed by atoms with van der Waals surface area (Å²) < 4.78 is 1.80. The highest BCUT2D eigenvalue weighted by Crippen LogP contribution is 2.20. The number of thiophene rings is 1. The van der Waals surface area contributed by atoms with E-state index in [1.807, 2.05) is 67.9 Å². The first-order chi connectivity index (χ1) is 14.0. The van der Waals surface area contributed by atoms with Gasteiger partial charge in [-0.25, -0.2) is 4.68 Å². The number of hydrogen-bond acceptors (Lipinski definition) is 6. The second-order valence-electron chi connectivity index (χ2n) is 6.65. The van der Waals surface area contributed by atoms with Gasteiger partial charge in [0.05, 0.1) is 11.3 Å². The summed E-state index contributed by atoms with van der Waals surface area (Å²) in [5.41, 5.74) is 5.43. The van der Waals surface area contributed by atoms with Gasteiger partial charge in [-0.15, -0.1) is 10.2 Å². The number of hydrogen-bond donors (Lipinski definition) is 2. The molecule has 0 aliphatic heterocycles. The Morgan fingerprint density at radius 3 is 2.31 bits per heavy atom. The molecule has 0 fully saturated rings. The van der Waals surface area contributed by atoms with Gasteiger partial charge < -0.3 is 10.6 Å². The maximum Gasteiger partial charge on any atom is 0.256 e. The van der Waals surface area contributed by atoms with Crippen LogP contribution in [-0.4, -0.2) is 25.9 Å². The molecule has 146 valence electrons. The van der Waals surface area contributed by atoms with E-state index in [0.717, 1.165) is 28.3 Å². The number of aryl methyl sites for hydroxylation is 1. The highest BCUT2D eigenvalue weighted by Gasteiger charge is 2.10. The molecule has 0 spiro atoms. The van der Waals surface area contributed by atoms with Crippen molar-refractivity contribution in [1.82, 2.24) is 20.0 Å². The SMILES string of the molecule is Cc1nn(-c2ccc(Nc3ccc(NC(=O)c4ccsc4)cc3)nn2)c(C)c1C. The summed E-state index contributed by atoms with van der Waals surface area (Å²) in [7, 11) is 0. The van der Waals surface area contributed by atoms with Gasteiger partial charge >= 0.3 is 0 Å². The average Bonchev–Trinajstić information content (AvgIpc) is 3.35. The van der Waals surface area contributed by atoms with Gasteiger partial charge in [-0.1, -0.05) is 0 Å². The second kappa shape index (κ2) is 7.84. The highest BCUT2D eigenvalue weighted by atomic mass is 32.1. The molecule has 0 saturated heterocycles. The van der Waals surface area contributed by atoms with Crippen molar-refractivity contribution in [3.8, 4) is 5.82 Å². The van der Waals surface area contributed by atoms with Gasteiger partial charge in [0.2, 0.25) is 0 Å². The lowest BCUT2D eigenvalue weighted by Crippen LogP contribution is -2.10. The lowest BCUT2D eigenvalue weighted by molar-refractivity contribution is 0.102. The van der Waals surface area contributed by atoms with E-state index < -0.39 is 0 Å². The normalized spacial score (nSPS) is 10.7. The number of anilines is 3. The van der Waals surface area contributed by atoms with Gasteiger partial charge in [0.25, 0.3) is 5.91 Å². The third-order valence-corrected chi connectivity index (χ3v) is 5.40. The molecule has 29 heavy (non-hydrogen) atoms. The maximum atomic E-state index is 12.1. The standard InChI is InChI=1S/C21H20N6OS/c1-13-14(2)26-27(15(13)3)20-9-8-19(24-25-20)22-17-4-6-18(7-5-17)23-21(28)16-10-11-29-12-16/h4-12H,1-3H3,(H,22,24)(H,23,28). The number of aromatic nitrogens is 4. The van der Waals surface area contributed by atoms with Crippen LogP contribution in [0.15, 0.2) is 53.2 Å². The van der Waals surface area contributed by atoms with Crippen LogP contribution in [0, 0.1) is 20.8 Å². The fourth-order valence-corrected chi connectivity index (χ4v) is 3.47. The van der Waals surface area contributed by atoms with Crippen LogP contribution in [0.2, 0.25) is 0 Å². The predicted molar refractivity (Wildman–Crippen MR) is 115 cm³/mol. The lowest BCUT2D eigenvalue weighted by atomic mass is 10.2. The molecule has 8 heteroatoms. The molecule has 1 amide bonds. The summed E-state index contributed by atoms with van der Waals surface area (Å²) in [6, 6.07) is 13.0. The number of nitrogens with one attached hydrogen (secondary N) is 2.